The molecule has 2 unspecified atom stereocenters. The van der Waals surface area contributed by atoms with Crippen LogP contribution in [0.2, 0.25) is 0 Å². The Morgan fingerprint density at radius 1 is 1.63 bits per heavy atom. The van der Waals surface area contributed by atoms with E-state index in [4.69, 9.17) is 5.26 Å². The van der Waals surface area contributed by atoms with Crippen LogP contribution in [-0.2, 0) is 0 Å². The molecule has 1 aliphatic heterocycles. The number of rotatable bonds is 3. The van der Waals surface area contributed by atoms with Gasteiger partial charge in [-0.15, -0.1) is 0 Å². The highest BCUT2D eigenvalue weighted by molar-refractivity contribution is 5.66. The Bertz CT molecular complexity index is 536. The molecule has 0 radical (unpaired) electrons. The fourth-order valence-electron chi connectivity index (χ4n) is 2.40. The zero-order valence-corrected chi connectivity index (χ0v) is 10.6. The molecule has 2 rings (SSSR count). The standard InChI is InChI=1S/C13H15N3O3/c1-9(17)11-4-5-15(8-11)13-6-10(7-14)2-3-12(13)16(18)19/h2-3,6,9,11,17H,4-5,8H2,1H3. The van der Waals surface area contributed by atoms with Crippen LogP contribution in [0.5, 0.6) is 0 Å². The summed E-state index contributed by atoms with van der Waals surface area (Å²) in [4.78, 5) is 12.5. The molecule has 1 aromatic rings. The second-order valence-electron chi connectivity index (χ2n) is 4.81. The lowest BCUT2D eigenvalue weighted by Crippen LogP contribution is -2.24. The molecule has 1 fully saturated rings. The maximum atomic E-state index is 11.0. The van der Waals surface area contributed by atoms with Crippen LogP contribution >= 0.6 is 0 Å². The number of anilines is 1. The van der Waals surface area contributed by atoms with Crippen molar-refractivity contribution in [3.63, 3.8) is 0 Å². The SMILES string of the molecule is CC(O)C1CCN(c2cc(C#N)ccc2[N+](=O)[O-])C1. The fourth-order valence-corrected chi connectivity index (χ4v) is 2.40. The monoisotopic (exact) mass is 261 g/mol. The van der Waals surface area contributed by atoms with E-state index in [1.165, 1.54) is 12.1 Å². The topological polar surface area (TPSA) is 90.4 Å². The van der Waals surface area contributed by atoms with E-state index in [1.807, 2.05) is 11.0 Å². The van der Waals surface area contributed by atoms with E-state index in [-0.39, 0.29) is 11.6 Å². The number of nitro groups is 1. The fraction of sp³-hybridized carbons (Fsp3) is 0.462. The Morgan fingerprint density at radius 2 is 2.37 bits per heavy atom. The van der Waals surface area contributed by atoms with Crippen molar-refractivity contribution in [1.29, 1.82) is 5.26 Å². The quantitative estimate of drug-likeness (QED) is 0.660. The number of hydrogen-bond acceptors (Lipinski definition) is 5. The van der Waals surface area contributed by atoms with Gasteiger partial charge in [0.2, 0.25) is 0 Å². The highest BCUT2D eigenvalue weighted by atomic mass is 16.6. The molecule has 0 bridgehead atoms. The third kappa shape index (κ3) is 2.66. The minimum Gasteiger partial charge on any atom is -0.393 e. The summed E-state index contributed by atoms with van der Waals surface area (Å²) >= 11 is 0. The van der Waals surface area contributed by atoms with Crippen molar-refractivity contribution in [3.05, 3.63) is 33.9 Å². The van der Waals surface area contributed by atoms with Crippen molar-refractivity contribution >= 4 is 11.4 Å². The van der Waals surface area contributed by atoms with Crippen molar-refractivity contribution in [3.8, 4) is 6.07 Å². The highest BCUT2D eigenvalue weighted by Gasteiger charge is 2.30. The molecule has 100 valence electrons. The van der Waals surface area contributed by atoms with Crippen LogP contribution in [0, 0.1) is 27.4 Å². The smallest absolute Gasteiger partial charge is 0.292 e. The molecule has 2 atom stereocenters. The van der Waals surface area contributed by atoms with Gasteiger partial charge in [0.15, 0.2) is 0 Å². The molecule has 0 saturated carbocycles. The molecule has 1 aliphatic rings. The summed E-state index contributed by atoms with van der Waals surface area (Å²) in [5.74, 6) is 0.116. The van der Waals surface area contributed by atoms with Gasteiger partial charge in [0.1, 0.15) is 5.69 Å². The van der Waals surface area contributed by atoms with Crippen LogP contribution in [0.3, 0.4) is 0 Å². The van der Waals surface area contributed by atoms with Gasteiger partial charge in [-0.25, -0.2) is 0 Å². The lowest BCUT2D eigenvalue weighted by Gasteiger charge is -2.19. The molecule has 1 heterocycles. The van der Waals surface area contributed by atoms with Crippen LogP contribution in [-0.4, -0.2) is 29.2 Å². The second-order valence-corrected chi connectivity index (χ2v) is 4.81. The van der Waals surface area contributed by atoms with Gasteiger partial charge in [0, 0.05) is 25.1 Å². The summed E-state index contributed by atoms with van der Waals surface area (Å²) in [5.41, 5.74) is 0.874. The van der Waals surface area contributed by atoms with E-state index in [0.717, 1.165) is 6.42 Å². The van der Waals surface area contributed by atoms with E-state index in [2.05, 4.69) is 0 Å². The average Bonchev–Trinajstić information content (AvgIpc) is 2.87. The second kappa shape index (κ2) is 5.24. The summed E-state index contributed by atoms with van der Waals surface area (Å²) < 4.78 is 0. The largest absolute Gasteiger partial charge is 0.393 e. The molecule has 0 aromatic heterocycles. The van der Waals surface area contributed by atoms with Gasteiger partial charge < -0.3 is 10.0 Å². The number of benzene rings is 1. The van der Waals surface area contributed by atoms with Crippen LogP contribution in [0.4, 0.5) is 11.4 Å². The molecule has 1 aromatic carbocycles. The molecule has 6 nitrogen and oxygen atoms in total. The molecule has 1 saturated heterocycles. The number of aliphatic hydroxyl groups is 1. The van der Waals surface area contributed by atoms with Gasteiger partial charge in [0.25, 0.3) is 5.69 Å². The van der Waals surface area contributed by atoms with Crippen LogP contribution in [0.1, 0.15) is 18.9 Å². The van der Waals surface area contributed by atoms with Gasteiger partial charge in [-0.3, -0.25) is 10.1 Å². The number of nitriles is 1. The minimum atomic E-state index is -0.438. The van der Waals surface area contributed by atoms with Crippen LogP contribution < -0.4 is 4.90 Å². The lowest BCUT2D eigenvalue weighted by molar-refractivity contribution is -0.384. The predicted octanol–water partition coefficient (Wildman–Crippen LogP) is 1.67. The van der Waals surface area contributed by atoms with Gasteiger partial charge in [-0.1, -0.05) is 0 Å². The van der Waals surface area contributed by atoms with Crippen LogP contribution in [0.25, 0.3) is 0 Å². The van der Waals surface area contributed by atoms with E-state index in [1.54, 1.807) is 13.0 Å². The lowest BCUT2D eigenvalue weighted by atomic mass is 10.0. The Balaban J connectivity index is 2.33. The first-order valence-electron chi connectivity index (χ1n) is 6.14. The zero-order chi connectivity index (χ0) is 14.0. The highest BCUT2D eigenvalue weighted by Crippen LogP contribution is 2.33. The summed E-state index contributed by atoms with van der Waals surface area (Å²) in [6.07, 6.45) is 0.370. The summed E-state index contributed by atoms with van der Waals surface area (Å²) in [6.45, 7) is 2.97. The van der Waals surface area contributed by atoms with Crippen molar-refractivity contribution in [2.75, 3.05) is 18.0 Å². The van der Waals surface area contributed by atoms with E-state index in [9.17, 15) is 15.2 Å². The van der Waals surface area contributed by atoms with Gasteiger partial charge in [-0.2, -0.15) is 5.26 Å². The molecule has 0 aliphatic carbocycles. The number of nitrogens with zero attached hydrogens (tertiary/aromatic N) is 3. The maximum Gasteiger partial charge on any atom is 0.292 e. The molecular formula is C13H15N3O3. The molecule has 1 N–H and O–H groups in total. The molecule has 0 amide bonds. The third-order valence-electron chi connectivity index (χ3n) is 3.55. The van der Waals surface area contributed by atoms with E-state index in [0.29, 0.717) is 24.3 Å². The summed E-state index contributed by atoms with van der Waals surface area (Å²) in [7, 11) is 0. The predicted molar refractivity (Wildman–Crippen MR) is 69.8 cm³/mol. The number of nitro benzene ring substituents is 1. The van der Waals surface area contributed by atoms with Crippen molar-refractivity contribution in [2.24, 2.45) is 5.92 Å². The molecule has 0 spiro atoms. The van der Waals surface area contributed by atoms with E-state index >= 15 is 0 Å². The molecule has 6 heteroatoms. The van der Waals surface area contributed by atoms with Crippen molar-refractivity contribution in [2.45, 2.75) is 19.4 Å². The first-order chi connectivity index (χ1) is 9.02. The molecule has 19 heavy (non-hydrogen) atoms. The normalized spacial score (nSPS) is 20.1. The maximum absolute atomic E-state index is 11.0. The summed E-state index contributed by atoms with van der Waals surface area (Å²) in [5, 5.41) is 29.5. The average molecular weight is 261 g/mol. The minimum absolute atomic E-state index is 0.00485. The van der Waals surface area contributed by atoms with E-state index < -0.39 is 11.0 Å². The first-order valence-corrected chi connectivity index (χ1v) is 6.14. The Morgan fingerprint density at radius 3 is 2.89 bits per heavy atom. The first kappa shape index (κ1) is 13.3. The third-order valence-corrected chi connectivity index (χ3v) is 3.55. The zero-order valence-electron chi connectivity index (χ0n) is 10.6. The van der Waals surface area contributed by atoms with Gasteiger partial charge in [-0.05, 0) is 25.5 Å². The number of hydrogen-bond donors (Lipinski definition) is 1. The Labute approximate surface area is 111 Å². The Kier molecular flexibility index (Phi) is 3.67. The summed E-state index contributed by atoms with van der Waals surface area (Å²) in [6, 6.07) is 6.35. The van der Waals surface area contributed by atoms with Crippen LogP contribution in [0.15, 0.2) is 18.2 Å². The van der Waals surface area contributed by atoms with Gasteiger partial charge in [0.05, 0.1) is 22.7 Å². The van der Waals surface area contributed by atoms with Gasteiger partial charge >= 0.3 is 0 Å². The molecular weight excluding hydrogens is 246 g/mol. The Hall–Kier alpha value is -2.13. The number of aliphatic hydroxyl groups excluding tert-OH is 1. The van der Waals surface area contributed by atoms with Crippen molar-refractivity contribution < 1.29 is 10.0 Å². The van der Waals surface area contributed by atoms with Crippen molar-refractivity contribution in [1.82, 2.24) is 0 Å².